The van der Waals surface area contributed by atoms with E-state index in [1.54, 1.807) is 4.90 Å². The van der Waals surface area contributed by atoms with E-state index >= 15 is 0 Å². The van der Waals surface area contributed by atoms with Crippen LogP contribution < -0.4 is 0 Å². The zero-order valence-corrected chi connectivity index (χ0v) is 11.6. The lowest BCUT2D eigenvalue weighted by molar-refractivity contribution is -0.130. The molecular formula is C14H23NO3. The third kappa shape index (κ3) is 2.85. The molecule has 0 radical (unpaired) electrons. The molecule has 2 rings (SSSR count). The summed E-state index contributed by atoms with van der Waals surface area (Å²) in [6.07, 6.45) is 4.31. The third-order valence-electron chi connectivity index (χ3n) is 3.77. The van der Waals surface area contributed by atoms with Crippen LogP contribution in [0.15, 0.2) is 0 Å². The Morgan fingerprint density at radius 2 is 1.94 bits per heavy atom. The summed E-state index contributed by atoms with van der Waals surface area (Å²) in [6, 6.07) is 0.0786. The monoisotopic (exact) mass is 253 g/mol. The van der Waals surface area contributed by atoms with Crippen molar-refractivity contribution in [2.75, 3.05) is 6.54 Å². The molecule has 18 heavy (non-hydrogen) atoms. The number of nitrogens with zero attached hydrogens (tertiary/aromatic N) is 1. The fraction of sp³-hybridized carbons (Fsp3) is 0.857. The Labute approximate surface area is 109 Å². The van der Waals surface area contributed by atoms with E-state index in [9.17, 15) is 9.59 Å². The van der Waals surface area contributed by atoms with Crippen LogP contribution in [0.2, 0.25) is 0 Å². The summed E-state index contributed by atoms with van der Waals surface area (Å²) in [6.45, 7) is 6.14. The smallest absolute Gasteiger partial charge is 0.410 e. The maximum Gasteiger partial charge on any atom is 0.410 e. The van der Waals surface area contributed by atoms with Crippen LogP contribution in [0, 0.1) is 5.92 Å². The Morgan fingerprint density at radius 1 is 1.28 bits per heavy atom. The Balaban J connectivity index is 2.08. The number of ketones is 1. The highest BCUT2D eigenvalue weighted by molar-refractivity contribution is 5.84. The lowest BCUT2D eigenvalue weighted by Gasteiger charge is -2.43. The molecule has 0 aromatic carbocycles. The molecule has 1 aliphatic heterocycles. The summed E-state index contributed by atoms with van der Waals surface area (Å²) in [5.41, 5.74) is -0.470. The first-order valence-corrected chi connectivity index (χ1v) is 6.91. The second-order valence-corrected chi connectivity index (χ2v) is 6.35. The number of hydrogen-bond donors (Lipinski definition) is 0. The standard InChI is InChI=1S/C14H23NO3/c1-14(2,3)18-13(17)15-9-8-12(16)10-6-4-5-7-11(10)15/h10-11H,4-9H2,1-3H3/t10-,11+/m1/s1. The summed E-state index contributed by atoms with van der Waals surface area (Å²) in [5, 5.41) is 0. The maximum atomic E-state index is 12.2. The first-order chi connectivity index (χ1) is 8.38. The molecule has 1 saturated carbocycles. The van der Waals surface area contributed by atoms with Crippen LogP contribution in [-0.2, 0) is 9.53 Å². The molecule has 1 heterocycles. The number of carbonyl (C=O) groups is 2. The zero-order chi connectivity index (χ0) is 13.3. The molecule has 1 saturated heterocycles. The van der Waals surface area contributed by atoms with Crippen molar-refractivity contribution in [2.24, 2.45) is 5.92 Å². The van der Waals surface area contributed by atoms with E-state index in [-0.39, 0.29) is 18.1 Å². The van der Waals surface area contributed by atoms with Crippen molar-refractivity contribution >= 4 is 11.9 Å². The Hall–Kier alpha value is -1.06. The summed E-state index contributed by atoms with van der Waals surface area (Å²) in [4.78, 5) is 25.9. The molecule has 2 fully saturated rings. The molecule has 0 aromatic heterocycles. The largest absolute Gasteiger partial charge is 0.444 e. The summed E-state index contributed by atoms with van der Waals surface area (Å²) in [5.74, 6) is 0.388. The molecular weight excluding hydrogens is 230 g/mol. The average molecular weight is 253 g/mol. The number of amides is 1. The van der Waals surface area contributed by atoms with Gasteiger partial charge < -0.3 is 9.64 Å². The van der Waals surface area contributed by atoms with Crippen molar-refractivity contribution in [3.63, 3.8) is 0 Å². The minimum atomic E-state index is -0.470. The molecule has 1 amide bonds. The Bertz CT molecular complexity index is 345. The predicted molar refractivity (Wildman–Crippen MR) is 68.3 cm³/mol. The molecule has 4 heteroatoms. The van der Waals surface area contributed by atoms with Crippen LogP contribution in [0.1, 0.15) is 52.9 Å². The number of likely N-dealkylation sites (tertiary alicyclic amines) is 1. The first-order valence-electron chi connectivity index (χ1n) is 6.91. The molecule has 0 unspecified atom stereocenters. The molecule has 0 aromatic rings. The zero-order valence-electron chi connectivity index (χ0n) is 11.6. The highest BCUT2D eigenvalue weighted by atomic mass is 16.6. The second-order valence-electron chi connectivity index (χ2n) is 6.35. The highest BCUT2D eigenvalue weighted by Crippen LogP contribution is 2.34. The quantitative estimate of drug-likeness (QED) is 0.667. The molecule has 102 valence electrons. The SMILES string of the molecule is CC(C)(C)OC(=O)N1CCC(=O)[C@@H]2CCCC[C@@H]21. The van der Waals surface area contributed by atoms with E-state index in [0.717, 1.165) is 25.7 Å². The number of hydrogen-bond acceptors (Lipinski definition) is 3. The van der Waals surface area contributed by atoms with Gasteiger partial charge in [0.05, 0.1) is 0 Å². The van der Waals surface area contributed by atoms with Gasteiger partial charge in [-0.3, -0.25) is 4.79 Å². The van der Waals surface area contributed by atoms with Gasteiger partial charge >= 0.3 is 6.09 Å². The van der Waals surface area contributed by atoms with Gasteiger partial charge in [-0.2, -0.15) is 0 Å². The van der Waals surface area contributed by atoms with Crippen LogP contribution in [0.5, 0.6) is 0 Å². The van der Waals surface area contributed by atoms with Gasteiger partial charge in [-0.15, -0.1) is 0 Å². The number of fused-ring (bicyclic) bond motifs is 1. The van der Waals surface area contributed by atoms with Crippen LogP contribution >= 0.6 is 0 Å². The Morgan fingerprint density at radius 3 is 2.61 bits per heavy atom. The van der Waals surface area contributed by atoms with Gasteiger partial charge in [0.15, 0.2) is 0 Å². The van der Waals surface area contributed by atoms with Gasteiger partial charge in [-0.05, 0) is 33.6 Å². The molecule has 0 N–H and O–H groups in total. The number of carbonyl (C=O) groups excluding carboxylic acids is 2. The van der Waals surface area contributed by atoms with Gasteiger partial charge in [0.1, 0.15) is 11.4 Å². The number of piperidine rings is 1. The van der Waals surface area contributed by atoms with Gasteiger partial charge in [0, 0.05) is 24.9 Å². The van der Waals surface area contributed by atoms with Crippen molar-refractivity contribution < 1.29 is 14.3 Å². The van der Waals surface area contributed by atoms with E-state index in [0.29, 0.717) is 18.7 Å². The fourth-order valence-corrected chi connectivity index (χ4v) is 2.99. The minimum absolute atomic E-state index is 0.0556. The summed E-state index contributed by atoms with van der Waals surface area (Å²) >= 11 is 0. The van der Waals surface area contributed by atoms with E-state index in [4.69, 9.17) is 4.74 Å². The van der Waals surface area contributed by atoms with Gasteiger partial charge in [0.2, 0.25) is 0 Å². The molecule has 0 bridgehead atoms. The van der Waals surface area contributed by atoms with E-state index in [1.807, 2.05) is 20.8 Å². The summed E-state index contributed by atoms with van der Waals surface area (Å²) in [7, 11) is 0. The number of rotatable bonds is 0. The lowest BCUT2D eigenvalue weighted by atomic mass is 9.78. The normalized spacial score (nSPS) is 28.8. The average Bonchev–Trinajstić information content (AvgIpc) is 2.27. The topological polar surface area (TPSA) is 46.6 Å². The minimum Gasteiger partial charge on any atom is -0.444 e. The van der Waals surface area contributed by atoms with Gasteiger partial charge in [-0.25, -0.2) is 4.79 Å². The lowest BCUT2D eigenvalue weighted by Crippen LogP contribution is -2.54. The van der Waals surface area contributed by atoms with Crippen LogP contribution in [0.4, 0.5) is 4.79 Å². The number of Topliss-reactive ketones (excluding diaryl/α,β-unsaturated/α-hetero) is 1. The highest BCUT2D eigenvalue weighted by Gasteiger charge is 2.41. The maximum absolute atomic E-state index is 12.2. The van der Waals surface area contributed by atoms with E-state index in [2.05, 4.69) is 0 Å². The van der Waals surface area contributed by atoms with Crippen LogP contribution in [-0.4, -0.2) is 35.0 Å². The van der Waals surface area contributed by atoms with Gasteiger partial charge in [-0.1, -0.05) is 12.8 Å². The first kappa shape index (κ1) is 13.4. The van der Waals surface area contributed by atoms with Crippen LogP contribution in [0.25, 0.3) is 0 Å². The van der Waals surface area contributed by atoms with Crippen molar-refractivity contribution in [3.8, 4) is 0 Å². The molecule has 0 spiro atoms. The van der Waals surface area contributed by atoms with Crippen molar-refractivity contribution in [3.05, 3.63) is 0 Å². The molecule has 4 nitrogen and oxygen atoms in total. The predicted octanol–water partition coefficient (Wildman–Crippen LogP) is 2.76. The fourth-order valence-electron chi connectivity index (χ4n) is 2.99. The van der Waals surface area contributed by atoms with Crippen LogP contribution in [0.3, 0.4) is 0 Å². The third-order valence-corrected chi connectivity index (χ3v) is 3.77. The molecule has 2 aliphatic rings. The molecule has 2 atom stereocenters. The van der Waals surface area contributed by atoms with Crippen molar-refractivity contribution in [1.29, 1.82) is 0 Å². The summed E-state index contributed by atoms with van der Waals surface area (Å²) < 4.78 is 5.44. The van der Waals surface area contributed by atoms with Crippen molar-refractivity contribution in [2.45, 2.75) is 64.5 Å². The second kappa shape index (κ2) is 4.90. The van der Waals surface area contributed by atoms with E-state index in [1.165, 1.54) is 0 Å². The number of ether oxygens (including phenoxy) is 1. The molecule has 1 aliphatic carbocycles. The van der Waals surface area contributed by atoms with E-state index < -0.39 is 5.60 Å². The van der Waals surface area contributed by atoms with Gasteiger partial charge in [0.25, 0.3) is 0 Å². The Kier molecular flexibility index (Phi) is 3.64. The van der Waals surface area contributed by atoms with Crippen molar-refractivity contribution in [1.82, 2.24) is 4.90 Å².